The van der Waals surface area contributed by atoms with E-state index in [-0.39, 0.29) is 5.91 Å². The van der Waals surface area contributed by atoms with Crippen molar-refractivity contribution in [1.29, 1.82) is 0 Å². The molecule has 1 aliphatic rings. The molecule has 0 N–H and O–H groups in total. The average Bonchev–Trinajstić information content (AvgIpc) is 3.10. The zero-order chi connectivity index (χ0) is 22.8. The van der Waals surface area contributed by atoms with E-state index in [2.05, 4.69) is 6.07 Å². The monoisotopic (exact) mass is 445 g/mol. The van der Waals surface area contributed by atoms with Crippen LogP contribution in [0.15, 0.2) is 72.3 Å². The van der Waals surface area contributed by atoms with Crippen LogP contribution in [0.1, 0.15) is 22.3 Å². The van der Waals surface area contributed by atoms with Gasteiger partial charge >= 0.3 is 0 Å². The molecular formula is C27H24ClNO3. The highest BCUT2D eigenvalue weighted by Crippen LogP contribution is 2.38. The Kier molecular flexibility index (Phi) is 6.06. The van der Waals surface area contributed by atoms with Gasteiger partial charge in [0.1, 0.15) is 0 Å². The highest BCUT2D eigenvalue weighted by Gasteiger charge is 2.31. The fourth-order valence-corrected chi connectivity index (χ4v) is 3.99. The van der Waals surface area contributed by atoms with E-state index in [1.165, 1.54) is 0 Å². The van der Waals surface area contributed by atoms with E-state index in [0.29, 0.717) is 22.1 Å². The smallest absolute Gasteiger partial charge is 0.262 e. The first kappa shape index (κ1) is 21.7. The Morgan fingerprint density at radius 3 is 2.25 bits per heavy atom. The van der Waals surface area contributed by atoms with E-state index in [1.807, 2.05) is 80.6 Å². The second kappa shape index (κ2) is 8.93. The maximum absolute atomic E-state index is 13.6. The molecule has 0 saturated carbocycles. The Balaban J connectivity index is 1.83. The second-order valence-corrected chi connectivity index (χ2v) is 8.12. The van der Waals surface area contributed by atoms with Crippen molar-refractivity contribution < 1.29 is 14.3 Å². The van der Waals surface area contributed by atoms with Gasteiger partial charge in [-0.05, 0) is 73.0 Å². The standard InChI is InChI=1S/C27H24ClNO3/c1-17-5-11-23(18(2)13-17)29-24(20-7-9-22(28)10-8-20)16-21(27(29)30)14-19-6-12-25(31-3)26(15-19)32-4/h5-16H,1-4H3/b21-14+. The number of hydrogen-bond donors (Lipinski definition) is 0. The largest absolute Gasteiger partial charge is 0.493 e. The molecule has 1 amide bonds. The maximum atomic E-state index is 13.6. The third kappa shape index (κ3) is 4.14. The molecule has 32 heavy (non-hydrogen) atoms. The van der Waals surface area contributed by atoms with Crippen molar-refractivity contribution >= 4 is 35.0 Å². The van der Waals surface area contributed by atoms with E-state index in [1.54, 1.807) is 19.1 Å². The van der Waals surface area contributed by atoms with Crippen LogP contribution in [0.4, 0.5) is 5.69 Å². The van der Waals surface area contributed by atoms with Gasteiger partial charge in [-0.1, -0.05) is 47.5 Å². The van der Waals surface area contributed by atoms with Crippen LogP contribution in [0.25, 0.3) is 11.8 Å². The van der Waals surface area contributed by atoms with Crippen molar-refractivity contribution in [3.05, 3.63) is 99.6 Å². The fraction of sp³-hybridized carbons (Fsp3) is 0.148. The normalized spacial score (nSPS) is 14.7. The number of nitrogens with zero attached hydrogens (tertiary/aromatic N) is 1. The Morgan fingerprint density at radius 1 is 0.875 bits per heavy atom. The Labute approximate surface area is 193 Å². The number of amides is 1. The van der Waals surface area contributed by atoms with Crippen LogP contribution in [0.2, 0.25) is 5.02 Å². The fourth-order valence-electron chi connectivity index (χ4n) is 3.87. The van der Waals surface area contributed by atoms with E-state index in [4.69, 9.17) is 21.1 Å². The molecule has 0 atom stereocenters. The van der Waals surface area contributed by atoms with Gasteiger partial charge < -0.3 is 9.47 Å². The van der Waals surface area contributed by atoms with Gasteiger partial charge in [0.15, 0.2) is 11.5 Å². The van der Waals surface area contributed by atoms with Gasteiger partial charge in [0.05, 0.1) is 25.6 Å². The highest BCUT2D eigenvalue weighted by molar-refractivity contribution is 6.30. The summed E-state index contributed by atoms with van der Waals surface area (Å²) in [5.41, 5.74) is 6.20. The molecule has 1 heterocycles. The molecule has 0 aliphatic carbocycles. The molecule has 1 aliphatic heterocycles. The van der Waals surface area contributed by atoms with Crippen LogP contribution < -0.4 is 14.4 Å². The molecule has 4 rings (SSSR count). The first-order chi connectivity index (χ1) is 15.4. The maximum Gasteiger partial charge on any atom is 0.262 e. The average molecular weight is 446 g/mol. The number of ether oxygens (including phenoxy) is 2. The SMILES string of the molecule is COc1ccc(/C=C2\C=C(c3ccc(Cl)cc3)N(c3ccc(C)cc3C)C2=O)cc1OC. The number of carbonyl (C=O) groups is 1. The van der Waals surface area contributed by atoms with Crippen LogP contribution in [0, 0.1) is 13.8 Å². The molecule has 3 aromatic rings. The number of carbonyl (C=O) groups excluding carboxylic acids is 1. The van der Waals surface area contributed by atoms with Crippen molar-refractivity contribution in [2.24, 2.45) is 0 Å². The number of aryl methyl sites for hydroxylation is 2. The number of rotatable bonds is 5. The summed E-state index contributed by atoms with van der Waals surface area (Å²) in [4.78, 5) is 15.4. The molecule has 0 radical (unpaired) electrons. The Morgan fingerprint density at radius 2 is 1.59 bits per heavy atom. The molecule has 0 saturated heterocycles. The molecule has 0 bridgehead atoms. The summed E-state index contributed by atoms with van der Waals surface area (Å²) in [5, 5.41) is 0.651. The molecule has 0 aromatic heterocycles. The third-order valence-electron chi connectivity index (χ3n) is 5.45. The summed E-state index contributed by atoms with van der Waals surface area (Å²) in [5.74, 6) is 1.17. The summed E-state index contributed by atoms with van der Waals surface area (Å²) in [6, 6.07) is 19.2. The number of halogens is 1. The van der Waals surface area contributed by atoms with E-state index >= 15 is 0 Å². The van der Waals surface area contributed by atoms with Gasteiger partial charge in [-0.25, -0.2) is 0 Å². The zero-order valence-electron chi connectivity index (χ0n) is 18.5. The first-order valence-electron chi connectivity index (χ1n) is 10.2. The summed E-state index contributed by atoms with van der Waals surface area (Å²) < 4.78 is 10.7. The van der Waals surface area contributed by atoms with Gasteiger partial charge in [0, 0.05) is 10.6 Å². The van der Waals surface area contributed by atoms with Crippen LogP contribution in [-0.4, -0.2) is 20.1 Å². The molecule has 0 spiro atoms. The molecule has 3 aromatic carbocycles. The number of hydrogen-bond acceptors (Lipinski definition) is 3. The predicted molar refractivity (Wildman–Crippen MR) is 130 cm³/mol. The van der Waals surface area contributed by atoms with E-state index in [9.17, 15) is 4.79 Å². The molecule has 4 nitrogen and oxygen atoms in total. The quantitative estimate of drug-likeness (QED) is 0.424. The lowest BCUT2D eigenvalue weighted by atomic mass is 10.1. The summed E-state index contributed by atoms with van der Waals surface area (Å²) in [7, 11) is 3.19. The van der Waals surface area contributed by atoms with Crippen molar-refractivity contribution in [2.45, 2.75) is 13.8 Å². The minimum atomic E-state index is -0.0864. The summed E-state index contributed by atoms with van der Waals surface area (Å²) in [6.45, 7) is 4.06. The number of benzene rings is 3. The van der Waals surface area contributed by atoms with E-state index in [0.717, 1.165) is 33.6 Å². The topological polar surface area (TPSA) is 38.8 Å². The van der Waals surface area contributed by atoms with Crippen molar-refractivity contribution in [1.82, 2.24) is 0 Å². The van der Waals surface area contributed by atoms with Crippen LogP contribution in [0.5, 0.6) is 11.5 Å². The lowest BCUT2D eigenvalue weighted by Crippen LogP contribution is -2.25. The lowest BCUT2D eigenvalue weighted by molar-refractivity contribution is -0.113. The van der Waals surface area contributed by atoms with E-state index < -0.39 is 0 Å². The van der Waals surface area contributed by atoms with Crippen LogP contribution in [0.3, 0.4) is 0 Å². The molecular weight excluding hydrogens is 422 g/mol. The number of anilines is 1. The molecule has 162 valence electrons. The first-order valence-corrected chi connectivity index (χ1v) is 10.6. The summed E-state index contributed by atoms with van der Waals surface area (Å²) >= 11 is 6.10. The zero-order valence-corrected chi connectivity index (χ0v) is 19.2. The Bertz CT molecular complexity index is 1240. The molecule has 5 heteroatoms. The minimum absolute atomic E-state index is 0.0864. The van der Waals surface area contributed by atoms with Crippen molar-refractivity contribution in [2.75, 3.05) is 19.1 Å². The number of methoxy groups -OCH3 is 2. The van der Waals surface area contributed by atoms with Crippen LogP contribution in [-0.2, 0) is 4.79 Å². The molecule has 0 fully saturated rings. The van der Waals surface area contributed by atoms with Gasteiger partial charge in [0.2, 0.25) is 0 Å². The third-order valence-corrected chi connectivity index (χ3v) is 5.70. The second-order valence-electron chi connectivity index (χ2n) is 7.68. The predicted octanol–water partition coefficient (Wildman–Crippen LogP) is 6.45. The van der Waals surface area contributed by atoms with Crippen LogP contribution >= 0.6 is 11.6 Å². The summed E-state index contributed by atoms with van der Waals surface area (Å²) in [6.07, 6.45) is 3.78. The van der Waals surface area contributed by atoms with Gasteiger partial charge in [-0.15, -0.1) is 0 Å². The highest BCUT2D eigenvalue weighted by atomic mass is 35.5. The van der Waals surface area contributed by atoms with Crippen molar-refractivity contribution in [3.63, 3.8) is 0 Å². The molecule has 0 unspecified atom stereocenters. The van der Waals surface area contributed by atoms with Gasteiger partial charge in [-0.3, -0.25) is 9.69 Å². The lowest BCUT2D eigenvalue weighted by Gasteiger charge is -2.23. The minimum Gasteiger partial charge on any atom is -0.493 e. The van der Waals surface area contributed by atoms with Gasteiger partial charge in [0.25, 0.3) is 5.91 Å². The Hall–Kier alpha value is -3.50. The van der Waals surface area contributed by atoms with Gasteiger partial charge in [-0.2, -0.15) is 0 Å². The van der Waals surface area contributed by atoms with Crippen molar-refractivity contribution in [3.8, 4) is 11.5 Å².